The van der Waals surface area contributed by atoms with E-state index < -0.39 is 0 Å². The molecule has 30 heavy (non-hydrogen) atoms. The van der Waals surface area contributed by atoms with Gasteiger partial charge in [-0.2, -0.15) is 0 Å². The molecule has 5 aliphatic rings. The Morgan fingerprint density at radius 2 is 1.50 bits per heavy atom. The van der Waals surface area contributed by atoms with Crippen molar-refractivity contribution in [2.45, 2.75) is 120 Å². The molecule has 0 spiro atoms. The third-order valence-electron chi connectivity index (χ3n) is 13.0. The van der Waals surface area contributed by atoms with E-state index in [4.69, 9.17) is 0 Å². The first-order valence-electron chi connectivity index (χ1n) is 13.6. The van der Waals surface area contributed by atoms with Crippen molar-refractivity contribution in [2.24, 2.45) is 56.7 Å². The maximum Gasteiger partial charge on any atom is -0.00565 e. The van der Waals surface area contributed by atoms with Crippen molar-refractivity contribution in [2.75, 3.05) is 0 Å². The molecule has 0 aromatic rings. The van der Waals surface area contributed by atoms with Crippen molar-refractivity contribution in [1.29, 1.82) is 0 Å². The lowest BCUT2D eigenvalue weighted by Crippen LogP contribution is -2.62. The fraction of sp³-hybridized carbons (Fsp3) is 0.933. The number of fused-ring (bicyclic) bond motifs is 7. The van der Waals surface area contributed by atoms with Crippen molar-refractivity contribution in [3.05, 3.63) is 11.6 Å². The molecule has 0 aromatic carbocycles. The van der Waals surface area contributed by atoms with E-state index in [0.717, 1.165) is 29.6 Å². The molecule has 5 rings (SSSR count). The van der Waals surface area contributed by atoms with E-state index in [1.807, 2.05) is 5.57 Å². The Bertz CT molecular complexity index is 741. The number of rotatable bonds is 1. The van der Waals surface area contributed by atoms with Gasteiger partial charge in [-0.05, 0) is 114 Å². The normalized spacial score (nSPS) is 54.6. The number of hydrogen-bond acceptors (Lipinski definition) is 0. The van der Waals surface area contributed by atoms with Crippen LogP contribution in [0.3, 0.4) is 0 Å². The van der Waals surface area contributed by atoms with E-state index >= 15 is 0 Å². The second-order valence-electron chi connectivity index (χ2n) is 14.6. The molecule has 0 N–H and O–H groups in total. The third-order valence-corrected chi connectivity index (χ3v) is 13.0. The predicted octanol–water partition coefficient (Wildman–Crippen LogP) is 9.05. The molecule has 0 heteroatoms. The van der Waals surface area contributed by atoms with Crippen LogP contribution in [0.15, 0.2) is 11.6 Å². The zero-order valence-electron chi connectivity index (χ0n) is 21.5. The summed E-state index contributed by atoms with van der Waals surface area (Å²) in [4.78, 5) is 0. The molecule has 5 aliphatic carbocycles. The molecule has 0 radical (unpaired) electrons. The molecule has 170 valence electrons. The van der Waals surface area contributed by atoms with Crippen LogP contribution in [-0.4, -0.2) is 0 Å². The van der Waals surface area contributed by atoms with Crippen LogP contribution in [0.4, 0.5) is 0 Å². The Balaban J connectivity index is 1.56. The van der Waals surface area contributed by atoms with Gasteiger partial charge in [0.05, 0.1) is 0 Å². The molecule has 0 amide bonds. The Morgan fingerprint density at radius 3 is 2.20 bits per heavy atom. The maximum atomic E-state index is 2.85. The Kier molecular flexibility index (Phi) is 4.61. The minimum atomic E-state index is 0.446. The second-order valence-corrected chi connectivity index (χ2v) is 14.6. The van der Waals surface area contributed by atoms with Crippen molar-refractivity contribution < 1.29 is 0 Å². The summed E-state index contributed by atoms with van der Waals surface area (Å²) in [5, 5.41) is 0. The molecular weight excluding hydrogens is 360 g/mol. The lowest BCUT2D eigenvalue weighted by Gasteiger charge is -2.70. The summed E-state index contributed by atoms with van der Waals surface area (Å²) in [6.07, 6.45) is 17.4. The van der Waals surface area contributed by atoms with Crippen molar-refractivity contribution in [3.63, 3.8) is 0 Å². The molecule has 4 fully saturated rings. The highest BCUT2D eigenvalue weighted by Crippen LogP contribution is 2.76. The standard InChI is InChI=1S/C30H50/c1-20(2)21-10-11-22-23-12-13-25-28(6)16-9-15-26(3,4)24(28)14-17-30(25,8)29(23,7)19-18-27(21,22)5/h12,20-22,24-25H,9-11,13-19H2,1-8H3/t21-,22-,24+,25-,27-,28+,29-,30-/m1/s1. The van der Waals surface area contributed by atoms with Crippen LogP contribution in [0, 0.1) is 56.7 Å². The summed E-state index contributed by atoms with van der Waals surface area (Å²) >= 11 is 0. The third kappa shape index (κ3) is 2.46. The molecule has 0 bridgehead atoms. The fourth-order valence-corrected chi connectivity index (χ4v) is 11.3. The molecule has 0 nitrogen and oxygen atoms in total. The van der Waals surface area contributed by atoms with E-state index in [1.165, 1.54) is 64.2 Å². The number of allylic oxidation sites excluding steroid dienone is 2. The van der Waals surface area contributed by atoms with Crippen LogP contribution >= 0.6 is 0 Å². The van der Waals surface area contributed by atoms with Gasteiger partial charge in [-0.25, -0.2) is 0 Å². The topological polar surface area (TPSA) is 0 Å². The maximum absolute atomic E-state index is 2.85. The van der Waals surface area contributed by atoms with Crippen molar-refractivity contribution >= 4 is 0 Å². The first kappa shape index (κ1) is 21.6. The highest BCUT2D eigenvalue weighted by Gasteiger charge is 2.67. The molecule has 0 saturated heterocycles. The van der Waals surface area contributed by atoms with Crippen molar-refractivity contribution in [3.8, 4) is 0 Å². The summed E-state index contributed by atoms with van der Waals surface area (Å²) in [6, 6.07) is 0. The monoisotopic (exact) mass is 410 g/mol. The minimum absolute atomic E-state index is 0.446. The van der Waals surface area contributed by atoms with Gasteiger partial charge >= 0.3 is 0 Å². The summed E-state index contributed by atoms with van der Waals surface area (Å²) in [5.41, 5.74) is 4.55. The van der Waals surface area contributed by atoms with E-state index in [2.05, 4.69) is 61.5 Å². The minimum Gasteiger partial charge on any atom is -0.0841 e. The van der Waals surface area contributed by atoms with Gasteiger partial charge in [-0.15, -0.1) is 0 Å². The molecule has 0 aliphatic heterocycles. The van der Waals surface area contributed by atoms with E-state index in [9.17, 15) is 0 Å². The lowest BCUT2D eigenvalue weighted by atomic mass is 9.34. The van der Waals surface area contributed by atoms with Gasteiger partial charge in [0.2, 0.25) is 0 Å². The fourth-order valence-electron chi connectivity index (χ4n) is 11.3. The Hall–Kier alpha value is -0.260. The van der Waals surface area contributed by atoms with Crippen LogP contribution in [0.25, 0.3) is 0 Å². The first-order valence-corrected chi connectivity index (χ1v) is 13.6. The van der Waals surface area contributed by atoms with Gasteiger partial charge in [-0.1, -0.05) is 73.5 Å². The van der Waals surface area contributed by atoms with Crippen LogP contribution in [-0.2, 0) is 0 Å². The van der Waals surface area contributed by atoms with Crippen LogP contribution in [0.1, 0.15) is 120 Å². The van der Waals surface area contributed by atoms with E-state index in [1.54, 1.807) is 0 Å². The molecule has 0 unspecified atom stereocenters. The zero-order valence-corrected chi connectivity index (χ0v) is 21.5. The summed E-state index contributed by atoms with van der Waals surface area (Å²) in [5.74, 6) is 4.47. The van der Waals surface area contributed by atoms with Crippen LogP contribution < -0.4 is 0 Å². The highest BCUT2D eigenvalue weighted by atomic mass is 14.7. The first-order chi connectivity index (χ1) is 13.9. The molecule has 8 atom stereocenters. The van der Waals surface area contributed by atoms with Gasteiger partial charge in [0.25, 0.3) is 0 Å². The van der Waals surface area contributed by atoms with Gasteiger partial charge in [0.15, 0.2) is 0 Å². The average Bonchev–Trinajstić information content (AvgIpc) is 2.99. The largest absolute Gasteiger partial charge is 0.0841 e. The highest BCUT2D eigenvalue weighted by molar-refractivity contribution is 5.33. The van der Waals surface area contributed by atoms with Gasteiger partial charge in [-0.3, -0.25) is 0 Å². The van der Waals surface area contributed by atoms with Crippen molar-refractivity contribution in [1.82, 2.24) is 0 Å². The summed E-state index contributed by atoms with van der Waals surface area (Å²) in [7, 11) is 0. The van der Waals surface area contributed by atoms with Crippen LogP contribution in [0.2, 0.25) is 0 Å². The Morgan fingerprint density at radius 1 is 0.767 bits per heavy atom. The molecule has 0 aromatic heterocycles. The average molecular weight is 411 g/mol. The smallest absolute Gasteiger partial charge is 0.00565 e. The van der Waals surface area contributed by atoms with E-state index in [-0.39, 0.29) is 0 Å². The van der Waals surface area contributed by atoms with Gasteiger partial charge in [0, 0.05) is 0 Å². The molecule has 4 saturated carbocycles. The summed E-state index contributed by atoms with van der Waals surface area (Å²) in [6.45, 7) is 21.1. The SMILES string of the molecule is CC(C)[C@H]1CC[C@@H]2C3=CC[C@@H]4[C@@]5(C)CCCC(C)(C)[C@@H]5CC[C@@]4(C)[C@]3(C)CC[C@@]21C. The summed E-state index contributed by atoms with van der Waals surface area (Å²) < 4.78 is 0. The molecular formula is C30H50. The molecule has 0 heterocycles. The zero-order chi connectivity index (χ0) is 21.7. The van der Waals surface area contributed by atoms with Crippen LogP contribution in [0.5, 0.6) is 0 Å². The predicted molar refractivity (Wildman–Crippen MR) is 129 cm³/mol. The number of hydrogen-bond donors (Lipinski definition) is 0. The Labute approximate surface area is 188 Å². The van der Waals surface area contributed by atoms with Gasteiger partial charge in [0.1, 0.15) is 0 Å². The second kappa shape index (κ2) is 6.41. The quantitative estimate of drug-likeness (QED) is 0.378. The lowest BCUT2D eigenvalue weighted by molar-refractivity contribution is -0.176. The van der Waals surface area contributed by atoms with Gasteiger partial charge < -0.3 is 0 Å². The van der Waals surface area contributed by atoms with E-state index in [0.29, 0.717) is 27.1 Å².